The Balaban J connectivity index is 1.90. The van der Waals surface area contributed by atoms with Gasteiger partial charge in [0, 0.05) is 25.0 Å². The average molecular weight is 288 g/mol. The van der Waals surface area contributed by atoms with Crippen molar-refractivity contribution in [3.05, 3.63) is 35.4 Å². The molecule has 2 rings (SSSR count). The number of amides is 2. The first-order valence-corrected chi connectivity index (χ1v) is 7.41. The maximum atomic E-state index is 12.2. The lowest BCUT2D eigenvalue weighted by atomic mass is 10.1. The van der Waals surface area contributed by atoms with E-state index in [4.69, 9.17) is 0 Å². The molecule has 4 heteroatoms. The van der Waals surface area contributed by atoms with Crippen LogP contribution in [0.1, 0.15) is 38.3 Å². The monoisotopic (exact) mass is 288 g/mol. The molecule has 1 aromatic carbocycles. The van der Waals surface area contributed by atoms with Crippen molar-refractivity contribution in [2.24, 2.45) is 5.92 Å². The second-order valence-corrected chi connectivity index (χ2v) is 6.78. The van der Waals surface area contributed by atoms with E-state index < -0.39 is 0 Å². The molecule has 4 nitrogen and oxygen atoms in total. The van der Waals surface area contributed by atoms with Gasteiger partial charge in [0.25, 0.3) is 0 Å². The van der Waals surface area contributed by atoms with Gasteiger partial charge in [-0.1, -0.05) is 29.8 Å². The van der Waals surface area contributed by atoms with Crippen LogP contribution in [-0.2, 0) is 16.1 Å². The summed E-state index contributed by atoms with van der Waals surface area (Å²) in [5.41, 5.74) is 2.06. The number of benzene rings is 1. The van der Waals surface area contributed by atoms with E-state index in [1.807, 2.05) is 52.0 Å². The van der Waals surface area contributed by atoms with E-state index in [9.17, 15) is 9.59 Å². The highest BCUT2D eigenvalue weighted by molar-refractivity contribution is 5.89. The van der Waals surface area contributed by atoms with Crippen molar-refractivity contribution in [2.45, 2.75) is 46.2 Å². The lowest BCUT2D eigenvalue weighted by molar-refractivity contribution is -0.132. The van der Waals surface area contributed by atoms with Crippen molar-refractivity contribution < 1.29 is 9.59 Å². The fraction of sp³-hybridized carbons (Fsp3) is 0.529. The summed E-state index contributed by atoms with van der Waals surface area (Å²) in [4.78, 5) is 26.0. The molecule has 0 spiro atoms. The second-order valence-electron chi connectivity index (χ2n) is 6.78. The minimum absolute atomic E-state index is 0.0318. The van der Waals surface area contributed by atoms with Gasteiger partial charge in [-0.2, -0.15) is 0 Å². The van der Waals surface area contributed by atoms with E-state index in [1.54, 1.807) is 4.90 Å². The highest BCUT2D eigenvalue weighted by atomic mass is 16.2. The Hall–Kier alpha value is -1.84. The molecule has 1 fully saturated rings. The van der Waals surface area contributed by atoms with Crippen molar-refractivity contribution in [3.8, 4) is 0 Å². The molecule has 1 atom stereocenters. The van der Waals surface area contributed by atoms with Crippen molar-refractivity contribution in [3.63, 3.8) is 0 Å². The predicted molar refractivity (Wildman–Crippen MR) is 82.6 cm³/mol. The maximum absolute atomic E-state index is 12.2. The van der Waals surface area contributed by atoms with Crippen molar-refractivity contribution in [2.75, 3.05) is 6.54 Å². The van der Waals surface area contributed by atoms with E-state index >= 15 is 0 Å². The maximum Gasteiger partial charge on any atom is 0.225 e. The van der Waals surface area contributed by atoms with Crippen molar-refractivity contribution in [1.29, 1.82) is 0 Å². The number of likely N-dealkylation sites (tertiary alicyclic amines) is 1. The van der Waals surface area contributed by atoms with Crippen LogP contribution >= 0.6 is 0 Å². The summed E-state index contributed by atoms with van der Waals surface area (Å²) in [7, 11) is 0. The summed E-state index contributed by atoms with van der Waals surface area (Å²) < 4.78 is 0. The Kier molecular flexibility index (Phi) is 4.35. The normalized spacial score (nSPS) is 19.0. The Labute approximate surface area is 126 Å². The highest BCUT2D eigenvalue weighted by Gasteiger charge is 2.39. The summed E-state index contributed by atoms with van der Waals surface area (Å²) in [6, 6.07) is 8.08. The van der Waals surface area contributed by atoms with Crippen LogP contribution in [0.3, 0.4) is 0 Å². The third kappa shape index (κ3) is 3.84. The zero-order chi connectivity index (χ0) is 15.6. The molecule has 21 heavy (non-hydrogen) atoms. The summed E-state index contributed by atoms with van der Waals surface area (Å²) in [5.74, 6) is -0.198. The minimum atomic E-state index is -0.234. The van der Waals surface area contributed by atoms with Gasteiger partial charge in [0.2, 0.25) is 11.8 Å². The highest BCUT2D eigenvalue weighted by Crippen LogP contribution is 2.25. The first-order valence-electron chi connectivity index (χ1n) is 7.41. The minimum Gasteiger partial charge on any atom is -0.352 e. The molecular weight excluding hydrogens is 264 g/mol. The van der Waals surface area contributed by atoms with E-state index in [2.05, 4.69) is 5.32 Å². The fourth-order valence-corrected chi connectivity index (χ4v) is 2.57. The molecule has 114 valence electrons. The van der Waals surface area contributed by atoms with Crippen LogP contribution in [0.25, 0.3) is 0 Å². The number of hydrogen-bond donors (Lipinski definition) is 1. The lowest BCUT2D eigenvalue weighted by Gasteiger charge is -2.31. The molecular formula is C17H24N2O2. The summed E-state index contributed by atoms with van der Waals surface area (Å²) in [5, 5.41) is 2.94. The zero-order valence-corrected chi connectivity index (χ0v) is 13.3. The molecule has 0 unspecified atom stereocenters. The van der Waals surface area contributed by atoms with Crippen LogP contribution in [0.4, 0.5) is 0 Å². The molecule has 1 aromatic rings. The number of hydrogen-bond acceptors (Lipinski definition) is 2. The van der Waals surface area contributed by atoms with Gasteiger partial charge in [0.05, 0.1) is 5.92 Å². The molecule has 1 aliphatic rings. The average Bonchev–Trinajstić information content (AvgIpc) is 2.80. The number of aryl methyl sites for hydroxylation is 1. The molecule has 0 saturated carbocycles. The van der Waals surface area contributed by atoms with Gasteiger partial charge < -0.3 is 10.2 Å². The van der Waals surface area contributed by atoms with E-state index in [0.29, 0.717) is 19.5 Å². The molecule has 2 amide bonds. The van der Waals surface area contributed by atoms with E-state index in [0.717, 1.165) is 5.56 Å². The van der Waals surface area contributed by atoms with Gasteiger partial charge in [0.15, 0.2) is 0 Å². The standard InChI is InChI=1S/C17H24N2O2/c1-12-5-7-13(8-6-12)10-18-16(21)14-9-15(20)19(11-14)17(2,3)4/h5-8,14H,9-11H2,1-4H3,(H,18,21)/t14-/m1/s1. The van der Waals surface area contributed by atoms with Gasteiger partial charge >= 0.3 is 0 Å². The van der Waals surface area contributed by atoms with Gasteiger partial charge in [0.1, 0.15) is 0 Å². The Morgan fingerprint density at radius 1 is 1.29 bits per heavy atom. The summed E-state index contributed by atoms with van der Waals surface area (Å²) in [6.07, 6.45) is 0.316. The van der Waals surface area contributed by atoms with Gasteiger partial charge in [-0.3, -0.25) is 9.59 Å². The molecule has 0 bridgehead atoms. The second kappa shape index (κ2) is 5.88. The smallest absolute Gasteiger partial charge is 0.225 e. The third-order valence-corrected chi connectivity index (χ3v) is 3.89. The first kappa shape index (κ1) is 15.5. The zero-order valence-electron chi connectivity index (χ0n) is 13.3. The molecule has 1 N–H and O–H groups in total. The van der Waals surface area contributed by atoms with Crippen LogP contribution in [0, 0.1) is 12.8 Å². The predicted octanol–water partition coefficient (Wildman–Crippen LogP) is 2.26. The number of carbonyl (C=O) groups is 2. The Morgan fingerprint density at radius 3 is 2.43 bits per heavy atom. The van der Waals surface area contributed by atoms with Crippen LogP contribution in [0.5, 0.6) is 0 Å². The number of nitrogens with one attached hydrogen (secondary N) is 1. The van der Waals surface area contributed by atoms with E-state index in [-0.39, 0.29) is 23.3 Å². The molecule has 1 aliphatic heterocycles. The lowest BCUT2D eigenvalue weighted by Crippen LogP contribution is -2.43. The topological polar surface area (TPSA) is 49.4 Å². The van der Waals surface area contributed by atoms with Crippen LogP contribution in [-0.4, -0.2) is 28.8 Å². The first-order chi connectivity index (χ1) is 9.77. The van der Waals surface area contributed by atoms with Crippen LogP contribution < -0.4 is 5.32 Å². The molecule has 1 heterocycles. The van der Waals surface area contributed by atoms with Crippen LogP contribution in [0.2, 0.25) is 0 Å². The van der Waals surface area contributed by atoms with Gasteiger partial charge in [-0.15, -0.1) is 0 Å². The SMILES string of the molecule is Cc1ccc(CNC(=O)[C@@H]2CC(=O)N(C(C)(C)C)C2)cc1. The Bertz CT molecular complexity index is 529. The van der Waals surface area contributed by atoms with Gasteiger partial charge in [-0.25, -0.2) is 0 Å². The van der Waals surface area contributed by atoms with Crippen LogP contribution in [0.15, 0.2) is 24.3 Å². The number of carbonyl (C=O) groups excluding carboxylic acids is 2. The molecule has 0 aliphatic carbocycles. The van der Waals surface area contributed by atoms with E-state index in [1.165, 1.54) is 5.56 Å². The quantitative estimate of drug-likeness (QED) is 0.927. The number of nitrogens with zero attached hydrogens (tertiary/aromatic N) is 1. The largest absolute Gasteiger partial charge is 0.352 e. The summed E-state index contributed by atoms with van der Waals surface area (Å²) >= 11 is 0. The van der Waals surface area contributed by atoms with Crippen molar-refractivity contribution in [1.82, 2.24) is 10.2 Å². The summed E-state index contributed by atoms with van der Waals surface area (Å²) in [6.45, 7) is 9.06. The molecule has 1 saturated heterocycles. The third-order valence-electron chi connectivity index (χ3n) is 3.89. The van der Waals surface area contributed by atoms with Gasteiger partial charge in [-0.05, 0) is 33.3 Å². The Morgan fingerprint density at radius 2 is 1.90 bits per heavy atom. The fourth-order valence-electron chi connectivity index (χ4n) is 2.57. The van der Waals surface area contributed by atoms with Crippen molar-refractivity contribution >= 4 is 11.8 Å². The number of rotatable bonds is 3. The molecule has 0 radical (unpaired) electrons. The molecule has 0 aromatic heterocycles.